The molecule has 8 nitrogen and oxygen atoms in total. The molecule has 29 heavy (non-hydrogen) atoms. The topological polar surface area (TPSA) is 118 Å². The van der Waals surface area contributed by atoms with Gasteiger partial charge in [0.15, 0.2) is 5.82 Å². The van der Waals surface area contributed by atoms with Gasteiger partial charge in [-0.2, -0.15) is 10.1 Å². The zero-order valence-electron chi connectivity index (χ0n) is 16.1. The van der Waals surface area contributed by atoms with Gasteiger partial charge in [0.05, 0.1) is 6.61 Å². The van der Waals surface area contributed by atoms with Crippen molar-refractivity contribution in [1.82, 2.24) is 25.1 Å². The summed E-state index contributed by atoms with van der Waals surface area (Å²) in [6.45, 7) is 3.66. The maximum atomic E-state index is 5.87. The first-order chi connectivity index (χ1) is 14.2. The van der Waals surface area contributed by atoms with Crippen molar-refractivity contribution >= 4 is 28.5 Å². The fraction of sp³-hybridized carbons (Fsp3) is 0.286. The van der Waals surface area contributed by atoms with Gasteiger partial charge >= 0.3 is 0 Å². The van der Waals surface area contributed by atoms with Gasteiger partial charge in [0, 0.05) is 53.7 Å². The highest BCUT2D eigenvalue weighted by Gasteiger charge is 2.21. The normalized spacial score (nSPS) is 17.6. The van der Waals surface area contributed by atoms with Crippen LogP contribution in [0.25, 0.3) is 10.9 Å². The fourth-order valence-electron chi connectivity index (χ4n) is 3.85. The lowest BCUT2D eigenvalue weighted by Gasteiger charge is -2.16. The Morgan fingerprint density at radius 1 is 1.28 bits per heavy atom. The molecule has 2 atom stereocenters. The van der Waals surface area contributed by atoms with Crippen LogP contribution in [0.3, 0.4) is 0 Å². The Labute approximate surface area is 167 Å². The molecular weight excluding hydrogens is 366 g/mol. The minimum atomic E-state index is 0.0824. The zero-order chi connectivity index (χ0) is 19.8. The number of nitrogens with two attached hydrogens (primary N) is 1. The third-order valence-electron chi connectivity index (χ3n) is 5.59. The molecule has 1 aliphatic heterocycles. The molecular formula is C21H23N7O. The Morgan fingerprint density at radius 2 is 2.21 bits per heavy atom. The molecule has 1 aliphatic rings. The van der Waals surface area contributed by atoms with Crippen molar-refractivity contribution < 1.29 is 4.74 Å². The standard InChI is InChI=1S/C21H23N7O/c1-12(13-2-3-17-14(8-13)4-6-23-17)16-10-24-21(22)26-20(16)25-19-9-18(27-28-19)15-5-7-29-11-15/h2-4,6,8-10,12,15,23H,5,7,11H2,1H3,(H4,22,24,25,26,27,28)/t12-,15?/m0/s1. The van der Waals surface area contributed by atoms with E-state index in [0.29, 0.717) is 17.6 Å². The molecule has 1 saturated heterocycles. The van der Waals surface area contributed by atoms with Gasteiger partial charge in [0.1, 0.15) is 5.82 Å². The molecule has 1 unspecified atom stereocenters. The molecule has 5 N–H and O–H groups in total. The summed E-state index contributed by atoms with van der Waals surface area (Å²) < 4.78 is 5.47. The summed E-state index contributed by atoms with van der Waals surface area (Å²) in [4.78, 5) is 11.9. The predicted molar refractivity (Wildman–Crippen MR) is 112 cm³/mol. The first kappa shape index (κ1) is 17.7. The number of hydrogen-bond acceptors (Lipinski definition) is 6. The van der Waals surface area contributed by atoms with Crippen molar-refractivity contribution in [1.29, 1.82) is 0 Å². The monoisotopic (exact) mass is 389 g/mol. The summed E-state index contributed by atoms with van der Waals surface area (Å²) in [6, 6.07) is 10.5. The highest BCUT2D eigenvalue weighted by atomic mass is 16.5. The Bertz CT molecular complexity index is 1140. The summed E-state index contributed by atoms with van der Waals surface area (Å²) in [6.07, 6.45) is 4.74. The van der Waals surface area contributed by atoms with E-state index in [1.807, 2.05) is 12.3 Å². The largest absolute Gasteiger partial charge is 0.381 e. The first-order valence-corrected chi connectivity index (χ1v) is 9.77. The number of nitrogens with one attached hydrogen (secondary N) is 3. The van der Waals surface area contributed by atoms with Crippen LogP contribution in [0.5, 0.6) is 0 Å². The van der Waals surface area contributed by atoms with Crippen molar-refractivity contribution in [3.8, 4) is 0 Å². The van der Waals surface area contributed by atoms with E-state index in [1.165, 1.54) is 10.9 Å². The Hall–Kier alpha value is -3.39. The van der Waals surface area contributed by atoms with Crippen LogP contribution in [0.1, 0.15) is 42.0 Å². The summed E-state index contributed by atoms with van der Waals surface area (Å²) >= 11 is 0. The highest BCUT2D eigenvalue weighted by Crippen LogP contribution is 2.32. The smallest absolute Gasteiger partial charge is 0.221 e. The average Bonchev–Trinajstić information content (AvgIpc) is 3.48. The second-order valence-corrected chi connectivity index (χ2v) is 7.47. The summed E-state index contributed by atoms with van der Waals surface area (Å²) in [5.41, 5.74) is 10.2. The molecule has 3 aromatic heterocycles. The molecule has 1 aromatic carbocycles. The third kappa shape index (κ3) is 3.42. The van der Waals surface area contributed by atoms with Crippen molar-refractivity contribution in [2.75, 3.05) is 24.3 Å². The van der Waals surface area contributed by atoms with Crippen LogP contribution in [-0.2, 0) is 4.74 Å². The second kappa shape index (κ2) is 7.21. The van der Waals surface area contributed by atoms with Crippen molar-refractivity contribution in [2.45, 2.75) is 25.2 Å². The number of anilines is 3. The molecule has 4 heterocycles. The molecule has 5 rings (SSSR count). The van der Waals surface area contributed by atoms with Crippen LogP contribution in [0.15, 0.2) is 42.7 Å². The second-order valence-electron chi connectivity index (χ2n) is 7.47. The van der Waals surface area contributed by atoms with Gasteiger partial charge in [0.2, 0.25) is 5.95 Å². The Balaban J connectivity index is 1.45. The molecule has 0 spiro atoms. The number of nitrogens with zero attached hydrogens (tertiary/aromatic N) is 3. The number of H-pyrrole nitrogens is 2. The van der Waals surface area contributed by atoms with Crippen LogP contribution in [0.2, 0.25) is 0 Å². The number of nitrogen functional groups attached to an aromatic ring is 1. The van der Waals surface area contributed by atoms with E-state index in [-0.39, 0.29) is 11.9 Å². The minimum Gasteiger partial charge on any atom is -0.381 e. The first-order valence-electron chi connectivity index (χ1n) is 9.77. The lowest BCUT2D eigenvalue weighted by atomic mass is 9.93. The summed E-state index contributed by atoms with van der Waals surface area (Å²) in [5.74, 6) is 2.04. The number of hydrogen-bond donors (Lipinski definition) is 4. The third-order valence-corrected chi connectivity index (χ3v) is 5.59. The number of fused-ring (bicyclic) bond motifs is 1. The number of benzene rings is 1. The van der Waals surface area contributed by atoms with E-state index in [0.717, 1.165) is 36.4 Å². The van der Waals surface area contributed by atoms with E-state index < -0.39 is 0 Å². The van der Waals surface area contributed by atoms with E-state index in [9.17, 15) is 0 Å². The van der Waals surface area contributed by atoms with Gasteiger partial charge in [-0.3, -0.25) is 5.10 Å². The number of ether oxygens (including phenoxy) is 1. The molecule has 0 bridgehead atoms. The average molecular weight is 389 g/mol. The molecule has 148 valence electrons. The van der Waals surface area contributed by atoms with Crippen molar-refractivity contribution in [3.63, 3.8) is 0 Å². The Morgan fingerprint density at radius 3 is 3.07 bits per heavy atom. The molecule has 1 fully saturated rings. The SMILES string of the molecule is C[C@@H](c1ccc2[nH]ccc2c1)c1cnc(N)nc1Nc1cc(C2CCOC2)[nH]n1. The summed E-state index contributed by atoms with van der Waals surface area (Å²) in [7, 11) is 0. The molecule has 8 heteroatoms. The number of rotatable bonds is 5. The van der Waals surface area contributed by atoms with Gasteiger partial charge in [-0.05, 0) is 35.6 Å². The zero-order valence-corrected chi connectivity index (χ0v) is 16.1. The van der Waals surface area contributed by atoms with E-state index >= 15 is 0 Å². The van der Waals surface area contributed by atoms with Gasteiger partial charge in [-0.1, -0.05) is 13.0 Å². The van der Waals surface area contributed by atoms with Crippen LogP contribution < -0.4 is 11.1 Å². The Kier molecular flexibility index (Phi) is 4.40. The van der Waals surface area contributed by atoms with Crippen LogP contribution in [-0.4, -0.2) is 38.4 Å². The highest BCUT2D eigenvalue weighted by molar-refractivity contribution is 5.80. The predicted octanol–water partition coefficient (Wildman–Crippen LogP) is 3.66. The quantitative estimate of drug-likeness (QED) is 0.414. The van der Waals surface area contributed by atoms with Crippen LogP contribution in [0, 0.1) is 0 Å². The van der Waals surface area contributed by atoms with E-state index in [2.05, 4.69) is 61.7 Å². The lowest BCUT2D eigenvalue weighted by Crippen LogP contribution is -2.07. The fourth-order valence-corrected chi connectivity index (χ4v) is 3.85. The van der Waals surface area contributed by atoms with Crippen LogP contribution in [0.4, 0.5) is 17.6 Å². The van der Waals surface area contributed by atoms with Gasteiger partial charge < -0.3 is 20.8 Å². The van der Waals surface area contributed by atoms with Gasteiger partial charge in [-0.25, -0.2) is 4.98 Å². The maximum absolute atomic E-state index is 5.87. The van der Waals surface area contributed by atoms with Crippen molar-refractivity contribution in [2.24, 2.45) is 0 Å². The van der Waals surface area contributed by atoms with Gasteiger partial charge in [0.25, 0.3) is 0 Å². The minimum absolute atomic E-state index is 0.0824. The number of aromatic amines is 2. The molecule has 4 aromatic rings. The molecule has 0 radical (unpaired) electrons. The van der Waals surface area contributed by atoms with E-state index in [1.54, 1.807) is 6.20 Å². The van der Waals surface area contributed by atoms with Crippen LogP contribution >= 0.6 is 0 Å². The lowest BCUT2D eigenvalue weighted by molar-refractivity contribution is 0.193. The maximum Gasteiger partial charge on any atom is 0.221 e. The van der Waals surface area contributed by atoms with Crippen molar-refractivity contribution in [3.05, 3.63) is 59.5 Å². The van der Waals surface area contributed by atoms with E-state index in [4.69, 9.17) is 10.5 Å². The van der Waals surface area contributed by atoms with Gasteiger partial charge in [-0.15, -0.1) is 0 Å². The number of aromatic nitrogens is 5. The summed E-state index contributed by atoms with van der Waals surface area (Å²) in [5, 5.41) is 12.0. The molecule has 0 amide bonds. The molecule has 0 saturated carbocycles. The molecule has 0 aliphatic carbocycles.